The summed E-state index contributed by atoms with van der Waals surface area (Å²) in [6.07, 6.45) is 2.91. The summed E-state index contributed by atoms with van der Waals surface area (Å²) in [6, 6.07) is 0. The van der Waals surface area contributed by atoms with Gasteiger partial charge in [0.05, 0.1) is 0 Å². The normalized spacial score (nSPS) is 14.5. The van der Waals surface area contributed by atoms with Crippen LogP contribution in [-0.4, -0.2) is 9.13 Å². The number of fused-ring (bicyclic) bond motifs is 2. The Bertz CT molecular complexity index is 721. The average Bonchev–Trinajstić information content (AvgIpc) is 2.87. The van der Waals surface area contributed by atoms with Gasteiger partial charge in [-0.3, -0.25) is 13.9 Å². The molecule has 0 N–H and O–H groups in total. The van der Waals surface area contributed by atoms with Gasteiger partial charge >= 0.3 is 5.69 Å². The molecule has 0 saturated heterocycles. The van der Waals surface area contributed by atoms with E-state index in [0.29, 0.717) is 12.1 Å². The number of hydrogen-bond donors (Lipinski definition) is 0. The molecule has 1 aliphatic rings. The molecule has 0 aromatic carbocycles. The van der Waals surface area contributed by atoms with E-state index >= 15 is 0 Å². The fourth-order valence-electron chi connectivity index (χ4n) is 2.60. The Labute approximate surface area is 102 Å². The van der Waals surface area contributed by atoms with Crippen LogP contribution in [0.25, 0.3) is 10.3 Å². The summed E-state index contributed by atoms with van der Waals surface area (Å²) in [6.45, 7) is 2.45. The van der Waals surface area contributed by atoms with E-state index in [-0.39, 0.29) is 11.1 Å². The molecule has 0 bridgehead atoms. The molecule has 2 aromatic heterocycles. The van der Waals surface area contributed by atoms with E-state index in [0.717, 1.165) is 29.7 Å². The lowest BCUT2D eigenvalue weighted by Crippen LogP contribution is -2.22. The standard InChI is InChI=1S/C12H14N2O2S/c1-3-14-9-10(15)7-5-4-6-8(7)17-11(9)13(2)12(14)16/h3-6H2,1-2H3. The van der Waals surface area contributed by atoms with Crippen molar-refractivity contribution >= 4 is 21.7 Å². The quantitative estimate of drug-likeness (QED) is 0.765. The van der Waals surface area contributed by atoms with Crippen molar-refractivity contribution in [2.45, 2.75) is 32.7 Å². The van der Waals surface area contributed by atoms with E-state index in [4.69, 9.17) is 0 Å². The highest BCUT2D eigenvalue weighted by Gasteiger charge is 2.22. The van der Waals surface area contributed by atoms with Gasteiger partial charge in [-0.15, -0.1) is 11.3 Å². The van der Waals surface area contributed by atoms with Gasteiger partial charge in [-0.1, -0.05) is 0 Å². The number of hydrogen-bond acceptors (Lipinski definition) is 3. The molecule has 0 fully saturated rings. The van der Waals surface area contributed by atoms with E-state index < -0.39 is 0 Å². The Kier molecular flexibility index (Phi) is 2.26. The van der Waals surface area contributed by atoms with Crippen molar-refractivity contribution in [1.82, 2.24) is 9.13 Å². The van der Waals surface area contributed by atoms with Crippen molar-refractivity contribution in [2.24, 2.45) is 7.05 Å². The average molecular weight is 250 g/mol. The Balaban J connectivity index is 2.57. The van der Waals surface area contributed by atoms with E-state index in [1.807, 2.05) is 6.92 Å². The third kappa shape index (κ3) is 1.29. The van der Waals surface area contributed by atoms with Crippen LogP contribution in [-0.2, 0) is 26.4 Å². The first-order chi connectivity index (χ1) is 8.15. The SMILES string of the molecule is CCn1c(=O)n(C)c2sc3c(c(=O)c21)CCC3. The predicted octanol–water partition coefficient (Wildman–Crippen LogP) is 1.27. The van der Waals surface area contributed by atoms with Gasteiger partial charge in [-0.05, 0) is 26.2 Å². The number of imidazole rings is 1. The fraction of sp³-hybridized carbons (Fsp3) is 0.500. The molecule has 2 aromatic rings. The van der Waals surface area contributed by atoms with Gasteiger partial charge in [0.25, 0.3) is 0 Å². The third-order valence-corrected chi connectivity index (χ3v) is 4.84. The number of aryl methyl sites for hydroxylation is 3. The lowest BCUT2D eigenvalue weighted by atomic mass is 10.2. The van der Waals surface area contributed by atoms with Crippen LogP contribution in [0, 0.1) is 0 Å². The summed E-state index contributed by atoms with van der Waals surface area (Å²) >= 11 is 1.61. The van der Waals surface area contributed by atoms with Gasteiger partial charge in [0.2, 0.25) is 5.43 Å². The Morgan fingerprint density at radius 2 is 2.06 bits per heavy atom. The van der Waals surface area contributed by atoms with Crippen LogP contribution < -0.4 is 11.1 Å². The predicted molar refractivity (Wildman–Crippen MR) is 69.0 cm³/mol. The van der Waals surface area contributed by atoms with Crippen molar-refractivity contribution in [3.8, 4) is 0 Å². The van der Waals surface area contributed by atoms with Crippen LogP contribution in [0.1, 0.15) is 23.8 Å². The second-order valence-electron chi connectivity index (χ2n) is 4.43. The molecule has 0 amide bonds. The topological polar surface area (TPSA) is 44.0 Å². The molecule has 1 aliphatic carbocycles. The number of nitrogens with zero attached hydrogens (tertiary/aromatic N) is 2. The minimum atomic E-state index is -0.0838. The molecule has 2 heterocycles. The highest BCUT2D eigenvalue weighted by molar-refractivity contribution is 7.18. The third-order valence-electron chi connectivity index (χ3n) is 3.49. The lowest BCUT2D eigenvalue weighted by Gasteiger charge is -2.00. The Hall–Kier alpha value is -1.36. The number of aromatic nitrogens is 2. The van der Waals surface area contributed by atoms with Crippen molar-refractivity contribution in [3.63, 3.8) is 0 Å². The van der Waals surface area contributed by atoms with Crippen molar-refractivity contribution in [2.75, 3.05) is 0 Å². The van der Waals surface area contributed by atoms with Crippen molar-refractivity contribution < 1.29 is 0 Å². The van der Waals surface area contributed by atoms with Crippen LogP contribution in [0.15, 0.2) is 9.59 Å². The fourth-order valence-corrected chi connectivity index (χ4v) is 3.91. The van der Waals surface area contributed by atoms with Gasteiger partial charge in [0.15, 0.2) is 0 Å². The highest BCUT2D eigenvalue weighted by atomic mass is 32.1. The van der Waals surface area contributed by atoms with Crippen LogP contribution in [0.3, 0.4) is 0 Å². The monoisotopic (exact) mass is 250 g/mol. The smallest absolute Gasteiger partial charge is 0.288 e. The molecule has 4 nitrogen and oxygen atoms in total. The van der Waals surface area contributed by atoms with Gasteiger partial charge in [-0.25, -0.2) is 4.79 Å². The first-order valence-electron chi connectivity index (χ1n) is 5.89. The minimum Gasteiger partial charge on any atom is -0.288 e. The summed E-state index contributed by atoms with van der Waals surface area (Å²) in [5.74, 6) is 0. The van der Waals surface area contributed by atoms with Crippen molar-refractivity contribution in [3.05, 3.63) is 31.1 Å². The first kappa shape index (κ1) is 10.8. The molecule has 0 unspecified atom stereocenters. The summed E-state index contributed by atoms with van der Waals surface area (Å²) in [4.78, 5) is 26.4. The molecule has 0 radical (unpaired) electrons. The molecule has 3 rings (SSSR count). The van der Waals surface area contributed by atoms with Gasteiger partial charge in [0.1, 0.15) is 10.3 Å². The second-order valence-corrected chi connectivity index (χ2v) is 5.51. The van der Waals surface area contributed by atoms with Gasteiger partial charge < -0.3 is 0 Å². The molecular formula is C12H14N2O2S. The molecule has 0 spiro atoms. The maximum absolute atomic E-state index is 12.4. The zero-order valence-corrected chi connectivity index (χ0v) is 10.8. The molecule has 17 heavy (non-hydrogen) atoms. The molecular weight excluding hydrogens is 236 g/mol. The Morgan fingerprint density at radius 1 is 1.29 bits per heavy atom. The first-order valence-corrected chi connectivity index (χ1v) is 6.71. The molecule has 5 heteroatoms. The minimum absolute atomic E-state index is 0.0748. The molecule has 0 aliphatic heterocycles. The zero-order chi connectivity index (χ0) is 12.2. The number of rotatable bonds is 1. The van der Waals surface area contributed by atoms with Crippen LogP contribution in [0.4, 0.5) is 0 Å². The summed E-state index contributed by atoms with van der Waals surface area (Å²) < 4.78 is 3.19. The molecule has 0 atom stereocenters. The van der Waals surface area contributed by atoms with Crippen LogP contribution >= 0.6 is 11.3 Å². The zero-order valence-electron chi connectivity index (χ0n) is 9.95. The van der Waals surface area contributed by atoms with E-state index in [1.165, 1.54) is 4.88 Å². The summed E-state index contributed by atoms with van der Waals surface area (Å²) in [5.41, 5.74) is 1.53. The molecule has 0 saturated carbocycles. The van der Waals surface area contributed by atoms with Crippen LogP contribution in [0.5, 0.6) is 0 Å². The van der Waals surface area contributed by atoms with Gasteiger partial charge in [-0.2, -0.15) is 0 Å². The summed E-state index contributed by atoms with van der Waals surface area (Å²) in [5, 5.41) is 0. The maximum Gasteiger partial charge on any atom is 0.329 e. The molecule has 90 valence electrons. The van der Waals surface area contributed by atoms with E-state index in [1.54, 1.807) is 27.5 Å². The van der Waals surface area contributed by atoms with E-state index in [9.17, 15) is 9.59 Å². The van der Waals surface area contributed by atoms with Gasteiger partial charge in [0, 0.05) is 24.0 Å². The Morgan fingerprint density at radius 3 is 2.76 bits per heavy atom. The lowest BCUT2D eigenvalue weighted by molar-refractivity contribution is 0.711. The second kappa shape index (κ2) is 3.57. The maximum atomic E-state index is 12.4. The largest absolute Gasteiger partial charge is 0.329 e. The van der Waals surface area contributed by atoms with Crippen molar-refractivity contribution in [1.29, 1.82) is 0 Å². The van der Waals surface area contributed by atoms with E-state index in [2.05, 4.69) is 0 Å². The highest BCUT2D eigenvalue weighted by Crippen LogP contribution is 2.27. The van der Waals surface area contributed by atoms with Crippen LogP contribution in [0.2, 0.25) is 0 Å². The summed E-state index contributed by atoms with van der Waals surface area (Å²) in [7, 11) is 1.74.